The molecule has 0 heterocycles. The highest BCUT2D eigenvalue weighted by Crippen LogP contribution is 2.13. The van der Waals surface area contributed by atoms with Gasteiger partial charge in [-0.05, 0) is 37.5 Å². The minimum Gasteiger partial charge on any atom is -0.459 e. The largest absolute Gasteiger partial charge is 0.459 e. The van der Waals surface area contributed by atoms with Crippen LogP contribution in [-0.2, 0) is 10.1 Å². The molecule has 22 heavy (non-hydrogen) atoms. The summed E-state index contributed by atoms with van der Waals surface area (Å²) in [6, 6.07) is 7.57. The first kappa shape index (κ1) is 19.2. The molecule has 0 saturated heterocycles. The van der Waals surface area contributed by atoms with Gasteiger partial charge in [0, 0.05) is 5.33 Å². The highest BCUT2D eigenvalue weighted by Gasteiger charge is 2.11. The van der Waals surface area contributed by atoms with Crippen LogP contribution >= 0.6 is 15.9 Å². The van der Waals surface area contributed by atoms with E-state index < -0.39 is 0 Å². The van der Waals surface area contributed by atoms with Crippen LogP contribution in [0.5, 0.6) is 0 Å². The summed E-state index contributed by atoms with van der Waals surface area (Å²) in [6.07, 6.45) is 9.97. The molecule has 0 bridgehead atoms. The maximum atomic E-state index is 12.0. The maximum absolute atomic E-state index is 12.0. The van der Waals surface area contributed by atoms with E-state index >= 15 is 0 Å². The van der Waals surface area contributed by atoms with Gasteiger partial charge in [-0.25, -0.2) is 4.79 Å². The Balaban J connectivity index is 2.18. The van der Waals surface area contributed by atoms with Gasteiger partial charge in [0.15, 0.2) is 0 Å². The zero-order valence-electron chi connectivity index (χ0n) is 13.9. The second-order valence-corrected chi connectivity index (χ2v) is 6.52. The van der Waals surface area contributed by atoms with Gasteiger partial charge < -0.3 is 4.74 Å². The maximum Gasteiger partial charge on any atom is 0.338 e. The van der Waals surface area contributed by atoms with Gasteiger partial charge in [0.2, 0.25) is 0 Å². The quantitative estimate of drug-likeness (QED) is 0.261. The van der Waals surface area contributed by atoms with Gasteiger partial charge in [-0.15, -0.1) is 0 Å². The van der Waals surface area contributed by atoms with Crippen LogP contribution in [0.4, 0.5) is 0 Å². The minimum atomic E-state index is -0.212. The highest BCUT2D eigenvalue weighted by molar-refractivity contribution is 9.08. The summed E-state index contributed by atoms with van der Waals surface area (Å²) in [6.45, 7) is 4.23. The molecule has 0 N–H and O–H groups in total. The fourth-order valence-corrected chi connectivity index (χ4v) is 2.80. The van der Waals surface area contributed by atoms with E-state index in [4.69, 9.17) is 4.74 Å². The second kappa shape index (κ2) is 11.7. The molecule has 1 aromatic rings. The first-order valence-corrected chi connectivity index (χ1v) is 9.65. The molecule has 0 aliphatic heterocycles. The zero-order chi connectivity index (χ0) is 16.2. The van der Waals surface area contributed by atoms with E-state index in [1.807, 2.05) is 31.2 Å². The Bertz CT molecular complexity index is 414. The van der Waals surface area contributed by atoms with Crippen molar-refractivity contribution in [3.05, 3.63) is 35.4 Å². The second-order valence-electron chi connectivity index (χ2n) is 5.96. The Morgan fingerprint density at radius 3 is 2.23 bits per heavy atom. The lowest BCUT2D eigenvalue weighted by atomic mass is 10.1. The number of hydrogen-bond acceptors (Lipinski definition) is 2. The molecule has 1 aromatic carbocycles. The molecule has 1 rings (SSSR count). The van der Waals surface area contributed by atoms with Crippen molar-refractivity contribution >= 4 is 21.9 Å². The topological polar surface area (TPSA) is 26.3 Å². The number of carbonyl (C=O) groups excluding carboxylic acids is 1. The van der Waals surface area contributed by atoms with Crippen molar-refractivity contribution in [2.75, 3.05) is 0 Å². The van der Waals surface area contributed by atoms with Gasteiger partial charge in [-0.3, -0.25) is 0 Å². The summed E-state index contributed by atoms with van der Waals surface area (Å²) < 4.78 is 5.50. The standard InChI is InChI=1S/C19H29BrO2/c1-3-4-5-6-7-8-9-10-16(2)22-19(21)18-13-11-17(15-20)12-14-18/h11-14,16H,3-10,15H2,1-2H3. The Kier molecular flexibility index (Phi) is 10.2. The van der Waals surface area contributed by atoms with Crippen molar-refractivity contribution in [2.24, 2.45) is 0 Å². The van der Waals surface area contributed by atoms with Gasteiger partial charge in [-0.2, -0.15) is 0 Å². The van der Waals surface area contributed by atoms with Gasteiger partial charge in [0.05, 0.1) is 11.7 Å². The number of unbranched alkanes of at least 4 members (excludes halogenated alkanes) is 6. The average molecular weight is 369 g/mol. The molecule has 0 fully saturated rings. The van der Waals surface area contributed by atoms with Crippen LogP contribution in [0, 0.1) is 0 Å². The molecular weight excluding hydrogens is 340 g/mol. The van der Waals surface area contributed by atoms with Crippen molar-refractivity contribution in [3.8, 4) is 0 Å². The molecule has 0 radical (unpaired) electrons. The lowest BCUT2D eigenvalue weighted by Crippen LogP contribution is -2.15. The average Bonchev–Trinajstić information content (AvgIpc) is 2.54. The number of esters is 1. The molecule has 0 aromatic heterocycles. The van der Waals surface area contributed by atoms with E-state index in [9.17, 15) is 4.79 Å². The SMILES string of the molecule is CCCCCCCCCC(C)OC(=O)c1ccc(CBr)cc1. The summed E-state index contributed by atoms with van der Waals surface area (Å²) in [5.41, 5.74) is 1.80. The highest BCUT2D eigenvalue weighted by atomic mass is 79.9. The molecule has 1 atom stereocenters. The van der Waals surface area contributed by atoms with Crippen LogP contribution in [0.1, 0.15) is 81.1 Å². The molecule has 0 aliphatic carbocycles. The van der Waals surface area contributed by atoms with Crippen LogP contribution in [0.25, 0.3) is 0 Å². The van der Waals surface area contributed by atoms with Crippen LogP contribution in [-0.4, -0.2) is 12.1 Å². The van der Waals surface area contributed by atoms with Crippen molar-refractivity contribution < 1.29 is 9.53 Å². The van der Waals surface area contributed by atoms with E-state index in [0.29, 0.717) is 5.56 Å². The number of hydrogen-bond donors (Lipinski definition) is 0. The third-order valence-corrected chi connectivity index (χ3v) is 4.51. The van der Waals surface area contributed by atoms with Crippen molar-refractivity contribution in [2.45, 2.75) is 76.6 Å². The number of rotatable bonds is 11. The molecule has 0 aliphatic rings. The molecule has 1 unspecified atom stereocenters. The number of ether oxygens (including phenoxy) is 1. The summed E-state index contributed by atoms with van der Waals surface area (Å²) in [5, 5.41) is 0.803. The normalized spacial score (nSPS) is 12.1. The monoisotopic (exact) mass is 368 g/mol. The molecule has 124 valence electrons. The molecule has 3 heteroatoms. The smallest absolute Gasteiger partial charge is 0.338 e. The predicted octanol–water partition coefficient (Wildman–Crippen LogP) is 6.27. The summed E-state index contributed by atoms with van der Waals surface area (Å²) in [4.78, 5) is 12.0. The first-order valence-electron chi connectivity index (χ1n) is 8.53. The minimum absolute atomic E-state index is 0.000932. The summed E-state index contributed by atoms with van der Waals surface area (Å²) in [5.74, 6) is -0.212. The van der Waals surface area contributed by atoms with Crippen molar-refractivity contribution in [1.29, 1.82) is 0 Å². The van der Waals surface area contributed by atoms with E-state index in [-0.39, 0.29) is 12.1 Å². The van der Waals surface area contributed by atoms with E-state index in [1.54, 1.807) is 0 Å². The van der Waals surface area contributed by atoms with E-state index in [2.05, 4.69) is 22.9 Å². The Labute approximate surface area is 143 Å². The fraction of sp³-hybridized carbons (Fsp3) is 0.632. The first-order chi connectivity index (χ1) is 10.7. The Hall–Kier alpha value is -0.830. The third-order valence-electron chi connectivity index (χ3n) is 3.87. The number of benzene rings is 1. The van der Waals surface area contributed by atoms with Crippen LogP contribution in [0.3, 0.4) is 0 Å². The lowest BCUT2D eigenvalue weighted by Gasteiger charge is -2.13. The molecular formula is C19H29BrO2. The number of halogens is 1. The number of carbonyl (C=O) groups is 1. The summed E-state index contributed by atoms with van der Waals surface area (Å²) in [7, 11) is 0. The number of alkyl halides is 1. The Morgan fingerprint density at radius 1 is 1.05 bits per heavy atom. The molecule has 0 saturated carbocycles. The summed E-state index contributed by atoms with van der Waals surface area (Å²) >= 11 is 3.40. The third kappa shape index (κ3) is 7.98. The van der Waals surface area contributed by atoms with Gasteiger partial charge in [0.25, 0.3) is 0 Å². The van der Waals surface area contributed by atoms with Crippen LogP contribution in [0.2, 0.25) is 0 Å². The van der Waals surface area contributed by atoms with E-state index in [0.717, 1.165) is 23.7 Å². The lowest BCUT2D eigenvalue weighted by molar-refractivity contribution is 0.0319. The predicted molar refractivity (Wildman–Crippen MR) is 96.6 cm³/mol. The molecule has 0 amide bonds. The fourth-order valence-electron chi connectivity index (χ4n) is 2.43. The van der Waals surface area contributed by atoms with Gasteiger partial charge in [0.1, 0.15) is 0 Å². The van der Waals surface area contributed by atoms with Crippen LogP contribution < -0.4 is 0 Å². The molecule has 0 spiro atoms. The zero-order valence-corrected chi connectivity index (χ0v) is 15.5. The van der Waals surface area contributed by atoms with Gasteiger partial charge >= 0.3 is 5.97 Å². The van der Waals surface area contributed by atoms with Crippen LogP contribution in [0.15, 0.2) is 24.3 Å². The van der Waals surface area contributed by atoms with E-state index in [1.165, 1.54) is 38.5 Å². The van der Waals surface area contributed by atoms with Crippen molar-refractivity contribution in [1.82, 2.24) is 0 Å². The van der Waals surface area contributed by atoms with Crippen molar-refractivity contribution in [3.63, 3.8) is 0 Å². The van der Waals surface area contributed by atoms with Gasteiger partial charge in [-0.1, -0.05) is 73.5 Å². The molecule has 2 nitrogen and oxygen atoms in total. The Morgan fingerprint density at radius 2 is 1.64 bits per heavy atom.